The molecular formula is C18H26ClFN2O2S. The van der Waals surface area contributed by atoms with Crippen LogP contribution in [0.4, 0.5) is 4.39 Å². The lowest BCUT2D eigenvalue weighted by atomic mass is 9.74. The molecule has 3 rings (SSSR count). The van der Waals surface area contributed by atoms with Crippen LogP contribution in [0.3, 0.4) is 0 Å². The molecule has 1 aromatic carbocycles. The van der Waals surface area contributed by atoms with E-state index in [2.05, 4.69) is 10.6 Å². The van der Waals surface area contributed by atoms with Gasteiger partial charge in [-0.1, -0.05) is 12.1 Å². The van der Waals surface area contributed by atoms with Crippen molar-refractivity contribution in [2.75, 3.05) is 37.8 Å². The van der Waals surface area contributed by atoms with E-state index in [0.29, 0.717) is 26.2 Å². The largest absolute Gasteiger partial charge is 0.381 e. The van der Waals surface area contributed by atoms with Crippen molar-refractivity contribution < 1.29 is 13.9 Å². The van der Waals surface area contributed by atoms with E-state index in [-0.39, 0.29) is 35.6 Å². The minimum Gasteiger partial charge on any atom is -0.381 e. The first-order valence-corrected chi connectivity index (χ1v) is 9.75. The Labute approximate surface area is 159 Å². The van der Waals surface area contributed by atoms with Crippen molar-refractivity contribution >= 4 is 30.1 Å². The van der Waals surface area contributed by atoms with Gasteiger partial charge in [0.15, 0.2) is 0 Å². The number of amides is 1. The van der Waals surface area contributed by atoms with E-state index in [1.54, 1.807) is 0 Å². The first kappa shape index (κ1) is 20.5. The summed E-state index contributed by atoms with van der Waals surface area (Å²) in [5.74, 6) is 1.96. The summed E-state index contributed by atoms with van der Waals surface area (Å²) < 4.78 is 18.7. The number of nitrogens with one attached hydrogen (secondary N) is 2. The topological polar surface area (TPSA) is 50.4 Å². The molecule has 7 heteroatoms. The molecule has 1 aromatic rings. The summed E-state index contributed by atoms with van der Waals surface area (Å²) in [4.78, 5) is 12.3. The number of carbonyl (C=O) groups is 1. The highest BCUT2D eigenvalue weighted by Gasteiger charge is 2.35. The van der Waals surface area contributed by atoms with Gasteiger partial charge >= 0.3 is 0 Å². The molecule has 2 heterocycles. The lowest BCUT2D eigenvalue weighted by Gasteiger charge is -2.38. The number of benzene rings is 1. The van der Waals surface area contributed by atoms with Crippen molar-refractivity contribution in [3.8, 4) is 0 Å². The Kier molecular flexibility index (Phi) is 8.00. The Morgan fingerprint density at radius 2 is 2.04 bits per heavy atom. The van der Waals surface area contributed by atoms with Crippen LogP contribution < -0.4 is 10.6 Å². The van der Waals surface area contributed by atoms with Gasteiger partial charge in [0, 0.05) is 55.7 Å². The van der Waals surface area contributed by atoms with Crippen molar-refractivity contribution in [1.82, 2.24) is 10.6 Å². The van der Waals surface area contributed by atoms with Crippen molar-refractivity contribution in [3.05, 3.63) is 35.6 Å². The Balaban J connectivity index is 0.00000225. The van der Waals surface area contributed by atoms with Crippen LogP contribution in [0.5, 0.6) is 0 Å². The predicted octanol–water partition coefficient (Wildman–Crippen LogP) is 2.51. The predicted molar refractivity (Wildman–Crippen MR) is 102 cm³/mol. The molecule has 2 aliphatic heterocycles. The lowest BCUT2D eigenvalue weighted by Crippen LogP contribution is -2.47. The fourth-order valence-corrected chi connectivity index (χ4v) is 4.40. The summed E-state index contributed by atoms with van der Waals surface area (Å²) in [6.07, 6.45) is 2.20. The number of hydrogen-bond acceptors (Lipinski definition) is 4. The Bertz CT molecular complexity index is 547. The fourth-order valence-electron chi connectivity index (χ4n) is 3.45. The van der Waals surface area contributed by atoms with E-state index >= 15 is 0 Å². The maximum Gasteiger partial charge on any atom is 0.221 e. The van der Waals surface area contributed by atoms with Crippen molar-refractivity contribution in [1.29, 1.82) is 0 Å². The van der Waals surface area contributed by atoms with Gasteiger partial charge < -0.3 is 15.4 Å². The van der Waals surface area contributed by atoms with Crippen LogP contribution in [0, 0.1) is 5.82 Å². The number of ether oxygens (including phenoxy) is 1. The first-order valence-electron chi connectivity index (χ1n) is 8.60. The van der Waals surface area contributed by atoms with Gasteiger partial charge in [0.05, 0.1) is 0 Å². The van der Waals surface area contributed by atoms with E-state index in [0.717, 1.165) is 36.5 Å². The molecule has 140 valence electrons. The quantitative estimate of drug-likeness (QED) is 0.813. The Morgan fingerprint density at radius 3 is 2.68 bits per heavy atom. The summed E-state index contributed by atoms with van der Waals surface area (Å²) >= 11 is 1.89. The van der Waals surface area contributed by atoms with Crippen LogP contribution in [0.1, 0.15) is 24.8 Å². The number of thioether (sulfide) groups is 1. The smallest absolute Gasteiger partial charge is 0.221 e. The van der Waals surface area contributed by atoms with Crippen LogP contribution in [-0.4, -0.2) is 49.8 Å². The standard InChI is InChI=1S/C18H25FN2O2S.ClH/c19-15-3-1-14(2-4-15)18(5-8-23-9-6-18)13-21-17(22)11-16-12-24-10-7-20-16;/h1-4,16,20H,5-13H2,(H,21,22);1H. The molecule has 1 amide bonds. The Morgan fingerprint density at radius 1 is 1.32 bits per heavy atom. The number of halogens is 2. The number of rotatable bonds is 5. The summed E-state index contributed by atoms with van der Waals surface area (Å²) in [7, 11) is 0. The molecule has 4 nitrogen and oxygen atoms in total. The molecule has 0 radical (unpaired) electrons. The molecule has 25 heavy (non-hydrogen) atoms. The van der Waals surface area contributed by atoms with E-state index in [1.807, 2.05) is 23.9 Å². The van der Waals surface area contributed by atoms with Crippen LogP contribution in [-0.2, 0) is 14.9 Å². The fraction of sp³-hybridized carbons (Fsp3) is 0.611. The molecule has 0 aromatic heterocycles. The molecule has 1 unspecified atom stereocenters. The maximum atomic E-state index is 13.2. The van der Waals surface area contributed by atoms with Crippen LogP contribution >= 0.6 is 24.2 Å². The average Bonchev–Trinajstić information content (AvgIpc) is 2.62. The van der Waals surface area contributed by atoms with E-state index < -0.39 is 0 Å². The van der Waals surface area contributed by atoms with Gasteiger partial charge in [0.2, 0.25) is 5.91 Å². The van der Waals surface area contributed by atoms with Crippen LogP contribution in [0.2, 0.25) is 0 Å². The van der Waals surface area contributed by atoms with Gasteiger partial charge in [-0.3, -0.25) is 4.79 Å². The maximum absolute atomic E-state index is 13.2. The third-order valence-electron chi connectivity index (χ3n) is 4.96. The summed E-state index contributed by atoms with van der Waals surface area (Å²) in [5.41, 5.74) is 0.926. The minimum atomic E-state index is -0.231. The van der Waals surface area contributed by atoms with Gasteiger partial charge in [-0.2, -0.15) is 11.8 Å². The highest BCUT2D eigenvalue weighted by molar-refractivity contribution is 7.99. The zero-order valence-corrected chi connectivity index (χ0v) is 15.9. The molecule has 0 bridgehead atoms. The summed E-state index contributed by atoms with van der Waals surface area (Å²) in [5, 5.41) is 6.51. The first-order chi connectivity index (χ1) is 11.7. The molecule has 0 saturated carbocycles. The number of hydrogen-bond donors (Lipinski definition) is 2. The number of carbonyl (C=O) groups excluding carboxylic acids is 1. The summed E-state index contributed by atoms with van der Waals surface area (Å²) in [6.45, 7) is 2.91. The van der Waals surface area contributed by atoms with Gasteiger partial charge in [-0.25, -0.2) is 4.39 Å². The van der Waals surface area contributed by atoms with Gasteiger partial charge in [0.1, 0.15) is 5.82 Å². The zero-order chi connectivity index (χ0) is 16.8. The van der Waals surface area contributed by atoms with Crippen molar-refractivity contribution in [3.63, 3.8) is 0 Å². The molecule has 0 aliphatic carbocycles. The van der Waals surface area contributed by atoms with E-state index in [4.69, 9.17) is 4.74 Å². The molecule has 1 atom stereocenters. The summed E-state index contributed by atoms with van der Waals surface area (Å²) in [6, 6.07) is 6.94. The van der Waals surface area contributed by atoms with E-state index in [9.17, 15) is 9.18 Å². The van der Waals surface area contributed by atoms with Gasteiger partial charge in [0.25, 0.3) is 0 Å². The molecule has 2 fully saturated rings. The van der Waals surface area contributed by atoms with Gasteiger partial charge in [-0.05, 0) is 30.5 Å². The zero-order valence-electron chi connectivity index (χ0n) is 14.3. The second-order valence-electron chi connectivity index (χ2n) is 6.61. The van der Waals surface area contributed by atoms with Crippen molar-refractivity contribution in [2.45, 2.75) is 30.7 Å². The van der Waals surface area contributed by atoms with Crippen LogP contribution in [0.25, 0.3) is 0 Å². The highest BCUT2D eigenvalue weighted by Crippen LogP contribution is 2.34. The molecule has 0 spiro atoms. The monoisotopic (exact) mass is 388 g/mol. The lowest BCUT2D eigenvalue weighted by molar-refractivity contribution is -0.122. The molecule has 2 N–H and O–H groups in total. The molecule has 2 saturated heterocycles. The highest BCUT2D eigenvalue weighted by atomic mass is 35.5. The van der Waals surface area contributed by atoms with Crippen LogP contribution in [0.15, 0.2) is 24.3 Å². The SMILES string of the molecule is Cl.O=C(CC1CSCCN1)NCC1(c2ccc(F)cc2)CCOCC1. The van der Waals surface area contributed by atoms with E-state index in [1.165, 1.54) is 12.1 Å². The third-order valence-corrected chi connectivity index (χ3v) is 6.09. The Hall–Kier alpha value is -0.820. The molecule has 2 aliphatic rings. The average molecular weight is 389 g/mol. The van der Waals surface area contributed by atoms with Gasteiger partial charge in [-0.15, -0.1) is 12.4 Å². The third kappa shape index (κ3) is 5.58. The second-order valence-corrected chi connectivity index (χ2v) is 7.76. The van der Waals surface area contributed by atoms with Crippen molar-refractivity contribution in [2.24, 2.45) is 0 Å². The molecular weight excluding hydrogens is 363 g/mol. The normalized spacial score (nSPS) is 22.7. The minimum absolute atomic E-state index is 0. The second kappa shape index (κ2) is 9.76.